The molecule has 1 unspecified atom stereocenters. The van der Waals surface area contributed by atoms with Crippen molar-refractivity contribution in [1.29, 1.82) is 0 Å². The van der Waals surface area contributed by atoms with Crippen LogP contribution in [-0.2, 0) is 0 Å². The van der Waals surface area contributed by atoms with Crippen LogP contribution in [0.25, 0.3) is 20.4 Å². The molecule has 1 N–H and O–H groups in total. The van der Waals surface area contributed by atoms with Gasteiger partial charge in [0.25, 0.3) is 0 Å². The molecule has 3 heterocycles. The first-order valence-corrected chi connectivity index (χ1v) is 8.54. The lowest BCUT2D eigenvalue weighted by Crippen LogP contribution is -2.09. The molecule has 0 aromatic carbocycles. The molecule has 4 nitrogen and oxygen atoms in total. The zero-order valence-electron chi connectivity index (χ0n) is 13.0. The molecular weight excluding hydrogens is 316 g/mol. The third kappa shape index (κ3) is 1.99. The Morgan fingerprint density at radius 2 is 2.05 bits per heavy atom. The lowest BCUT2D eigenvalue weighted by molar-refractivity contribution is 0.630. The summed E-state index contributed by atoms with van der Waals surface area (Å²) in [5.74, 6) is 0.914. The summed E-state index contributed by atoms with van der Waals surface area (Å²) in [5.41, 5.74) is 3.21. The summed E-state index contributed by atoms with van der Waals surface area (Å²) in [6.07, 6.45) is 2.80. The van der Waals surface area contributed by atoms with E-state index >= 15 is 0 Å². The zero-order valence-corrected chi connectivity index (χ0v) is 14.6. The summed E-state index contributed by atoms with van der Waals surface area (Å²) < 4.78 is 1.07. The smallest absolute Gasteiger partial charge is 0.147 e. The zero-order chi connectivity index (χ0) is 15.6. The maximum absolute atomic E-state index is 6.37. The number of nitrogens with zero attached hydrogens (tertiary/aromatic N) is 3. The van der Waals surface area contributed by atoms with Crippen molar-refractivity contribution < 1.29 is 0 Å². The van der Waals surface area contributed by atoms with Crippen molar-refractivity contribution in [3.05, 3.63) is 22.6 Å². The van der Waals surface area contributed by atoms with Gasteiger partial charge in [0, 0.05) is 11.4 Å². The highest BCUT2D eigenvalue weighted by Crippen LogP contribution is 2.47. The number of pyridine rings is 1. The minimum atomic E-state index is 0.349. The molecule has 0 spiro atoms. The number of hydrogen-bond donors (Lipinski definition) is 1. The predicted molar refractivity (Wildman–Crippen MR) is 93.0 cm³/mol. The third-order valence-electron chi connectivity index (χ3n) is 4.57. The summed E-state index contributed by atoms with van der Waals surface area (Å²) >= 11 is 8.01. The number of nitrogens with one attached hydrogen (secondary N) is 1. The highest BCUT2D eigenvalue weighted by molar-refractivity contribution is 7.26. The van der Waals surface area contributed by atoms with Crippen molar-refractivity contribution in [2.45, 2.75) is 40.2 Å². The number of aromatic nitrogens is 3. The van der Waals surface area contributed by atoms with E-state index in [2.05, 4.69) is 34.1 Å². The van der Waals surface area contributed by atoms with E-state index in [0.717, 1.165) is 42.5 Å². The topological polar surface area (TPSA) is 50.7 Å². The first-order chi connectivity index (χ1) is 10.4. The van der Waals surface area contributed by atoms with Crippen molar-refractivity contribution >= 4 is 49.2 Å². The van der Waals surface area contributed by atoms with E-state index < -0.39 is 0 Å². The van der Waals surface area contributed by atoms with Crippen LogP contribution in [0.4, 0.5) is 5.82 Å². The van der Waals surface area contributed by atoms with Gasteiger partial charge in [-0.3, -0.25) is 0 Å². The van der Waals surface area contributed by atoms with Crippen LogP contribution in [0.15, 0.2) is 6.33 Å². The van der Waals surface area contributed by atoms with Gasteiger partial charge in [-0.2, -0.15) is 0 Å². The SMILES string of the molecule is Cc1nc2sc3c(NC4CC4(C)C)ncnc3c2c(C)c1Cl. The molecule has 3 aromatic heterocycles. The van der Waals surface area contributed by atoms with Gasteiger partial charge in [0.05, 0.1) is 20.9 Å². The van der Waals surface area contributed by atoms with E-state index in [-0.39, 0.29) is 0 Å². The molecule has 0 saturated heterocycles. The average Bonchev–Trinajstić information content (AvgIpc) is 2.90. The monoisotopic (exact) mass is 332 g/mol. The van der Waals surface area contributed by atoms with Gasteiger partial charge < -0.3 is 5.32 Å². The predicted octanol–water partition coefficient (Wildman–Crippen LogP) is 4.72. The quantitative estimate of drug-likeness (QED) is 0.737. The van der Waals surface area contributed by atoms with Crippen LogP contribution in [0.2, 0.25) is 5.02 Å². The van der Waals surface area contributed by atoms with Crippen molar-refractivity contribution in [1.82, 2.24) is 15.0 Å². The van der Waals surface area contributed by atoms with Crippen LogP contribution in [0, 0.1) is 19.3 Å². The number of halogens is 1. The molecule has 0 amide bonds. The molecule has 0 aliphatic heterocycles. The Kier molecular flexibility index (Phi) is 2.91. The summed E-state index contributed by atoms with van der Waals surface area (Å²) in [6, 6.07) is 0.482. The number of thiophene rings is 1. The van der Waals surface area contributed by atoms with E-state index in [4.69, 9.17) is 11.6 Å². The molecular formula is C16H17ClN4S. The van der Waals surface area contributed by atoms with Crippen LogP contribution in [0.5, 0.6) is 0 Å². The minimum Gasteiger partial charge on any atom is -0.365 e. The largest absolute Gasteiger partial charge is 0.365 e. The van der Waals surface area contributed by atoms with Crippen molar-refractivity contribution in [2.75, 3.05) is 5.32 Å². The van der Waals surface area contributed by atoms with Gasteiger partial charge in [0.1, 0.15) is 17.0 Å². The summed E-state index contributed by atoms with van der Waals surface area (Å²) in [5, 5.41) is 5.33. The summed E-state index contributed by atoms with van der Waals surface area (Å²) in [6.45, 7) is 8.51. The standard InChI is InChI=1S/C16H17ClN4S/c1-7-10-12-13(22-15(10)20-8(2)11(7)17)14(19-6-18-12)21-9-5-16(9,3)4/h6,9H,5H2,1-4H3,(H,18,19,21). The Hall–Kier alpha value is -1.46. The van der Waals surface area contributed by atoms with Crippen LogP contribution in [0.3, 0.4) is 0 Å². The Labute approximate surface area is 137 Å². The molecule has 114 valence electrons. The number of fused-ring (bicyclic) bond motifs is 3. The van der Waals surface area contributed by atoms with Crippen LogP contribution in [0.1, 0.15) is 31.5 Å². The first kappa shape index (κ1) is 14.2. The van der Waals surface area contributed by atoms with Crippen molar-refractivity contribution in [3.8, 4) is 0 Å². The molecule has 6 heteroatoms. The highest BCUT2D eigenvalue weighted by Gasteiger charge is 2.46. The molecule has 22 heavy (non-hydrogen) atoms. The number of hydrogen-bond acceptors (Lipinski definition) is 5. The second-order valence-corrected chi connectivity index (χ2v) is 8.09. The van der Waals surface area contributed by atoms with Crippen LogP contribution >= 0.6 is 22.9 Å². The van der Waals surface area contributed by atoms with Gasteiger partial charge in [0.2, 0.25) is 0 Å². The van der Waals surface area contributed by atoms with E-state index in [1.807, 2.05) is 13.8 Å². The van der Waals surface area contributed by atoms with Crippen molar-refractivity contribution in [3.63, 3.8) is 0 Å². The number of aryl methyl sites for hydroxylation is 2. The van der Waals surface area contributed by atoms with E-state index in [1.165, 1.54) is 6.42 Å². The summed E-state index contributed by atoms with van der Waals surface area (Å²) in [4.78, 5) is 14.5. The average molecular weight is 333 g/mol. The second-order valence-electron chi connectivity index (χ2n) is 6.71. The fourth-order valence-corrected chi connectivity index (χ4v) is 4.20. The highest BCUT2D eigenvalue weighted by atomic mass is 35.5. The summed E-state index contributed by atoms with van der Waals surface area (Å²) in [7, 11) is 0. The lowest BCUT2D eigenvalue weighted by Gasteiger charge is -2.07. The minimum absolute atomic E-state index is 0.349. The molecule has 1 aliphatic carbocycles. The molecule has 1 fully saturated rings. The van der Waals surface area contributed by atoms with Gasteiger partial charge in [-0.05, 0) is 31.2 Å². The molecule has 3 aromatic rings. The van der Waals surface area contributed by atoms with Gasteiger partial charge in [-0.25, -0.2) is 15.0 Å². The Morgan fingerprint density at radius 1 is 1.32 bits per heavy atom. The normalized spacial score (nSPS) is 19.8. The Bertz CT molecular complexity index is 916. The van der Waals surface area contributed by atoms with Crippen LogP contribution in [-0.4, -0.2) is 21.0 Å². The third-order valence-corrected chi connectivity index (χ3v) is 6.21. The Morgan fingerprint density at radius 3 is 2.73 bits per heavy atom. The van der Waals surface area contributed by atoms with Gasteiger partial charge in [0.15, 0.2) is 0 Å². The van der Waals surface area contributed by atoms with E-state index in [1.54, 1.807) is 17.7 Å². The molecule has 1 aliphatic rings. The molecule has 0 radical (unpaired) electrons. The molecule has 4 rings (SSSR count). The molecule has 1 atom stereocenters. The first-order valence-electron chi connectivity index (χ1n) is 7.35. The van der Waals surface area contributed by atoms with Crippen molar-refractivity contribution in [2.24, 2.45) is 5.41 Å². The second kappa shape index (κ2) is 4.52. The fourth-order valence-electron chi connectivity index (χ4n) is 2.88. The molecule has 0 bridgehead atoms. The maximum atomic E-state index is 6.37. The Balaban J connectivity index is 1.94. The van der Waals surface area contributed by atoms with E-state index in [9.17, 15) is 0 Å². The van der Waals surface area contributed by atoms with Gasteiger partial charge >= 0.3 is 0 Å². The number of rotatable bonds is 2. The van der Waals surface area contributed by atoms with E-state index in [0.29, 0.717) is 11.5 Å². The molecule has 1 saturated carbocycles. The fraction of sp³-hybridized carbons (Fsp3) is 0.438. The van der Waals surface area contributed by atoms with Gasteiger partial charge in [-0.1, -0.05) is 25.4 Å². The van der Waals surface area contributed by atoms with Crippen LogP contribution < -0.4 is 5.32 Å². The van der Waals surface area contributed by atoms with Gasteiger partial charge in [-0.15, -0.1) is 11.3 Å². The number of anilines is 1. The lowest BCUT2D eigenvalue weighted by atomic mass is 10.1. The maximum Gasteiger partial charge on any atom is 0.147 e.